The van der Waals surface area contributed by atoms with E-state index in [2.05, 4.69) is 65.6 Å². The monoisotopic (exact) mass is 307 g/mol. The minimum Gasteiger partial charge on any atom is -0.456 e. The first-order chi connectivity index (χ1) is 11.9. The van der Waals surface area contributed by atoms with Gasteiger partial charge >= 0.3 is 0 Å². The van der Waals surface area contributed by atoms with Gasteiger partial charge in [0, 0.05) is 32.4 Å². The zero-order valence-corrected chi connectivity index (χ0v) is 12.8. The molecular weight excluding hydrogens is 294 g/mol. The van der Waals surface area contributed by atoms with Crippen molar-refractivity contribution in [3.8, 4) is 0 Å². The quantitative estimate of drug-likeness (QED) is 0.347. The third-order valence-electron chi connectivity index (χ3n) is 5.00. The van der Waals surface area contributed by atoms with Crippen molar-refractivity contribution in [2.45, 2.75) is 0 Å². The predicted octanol–water partition coefficient (Wildman–Crippen LogP) is 6.37. The van der Waals surface area contributed by atoms with Gasteiger partial charge in [0.15, 0.2) is 0 Å². The normalized spacial score (nSPS) is 12.2. The number of aromatic nitrogens is 1. The smallest absolute Gasteiger partial charge is 0.136 e. The van der Waals surface area contributed by atoms with E-state index >= 15 is 0 Å². The number of furan rings is 1. The third kappa shape index (κ3) is 1.45. The van der Waals surface area contributed by atoms with Crippen LogP contribution < -0.4 is 0 Å². The fourth-order valence-electron chi connectivity index (χ4n) is 3.86. The van der Waals surface area contributed by atoms with Crippen LogP contribution in [0.2, 0.25) is 0 Å². The number of hydrogen-bond donors (Lipinski definition) is 1. The number of fused-ring (bicyclic) bond motifs is 8. The maximum absolute atomic E-state index is 6.05. The summed E-state index contributed by atoms with van der Waals surface area (Å²) in [5.74, 6) is 0. The van der Waals surface area contributed by atoms with Crippen LogP contribution in [0.25, 0.3) is 54.5 Å². The van der Waals surface area contributed by atoms with Crippen LogP contribution in [-0.4, -0.2) is 4.98 Å². The maximum Gasteiger partial charge on any atom is 0.136 e. The minimum atomic E-state index is 0.940. The van der Waals surface area contributed by atoms with Gasteiger partial charge in [-0.05, 0) is 23.6 Å². The molecule has 0 aliphatic heterocycles. The number of aromatic amines is 1. The Labute approximate surface area is 137 Å². The van der Waals surface area contributed by atoms with Crippen LogP contribution in [0.15, 0.2) is 77.2 Å². The van der Waals surface area contributed by atoms with Crippen LogP contribution in [0.1, 0.15) is 0 Å². The highest BCUT2D eigenvalue weighted by Crippen LogP contribution is 2.36. The van der Waals surface area contributed by atoms with E-state index in [1.807, 2.05) is 12.1 Å². The first-order valence-corrected chi connectivity index (χ1v) is 8.13. The number of rotatable bonds is 0. The molecule has 0 radical (unpaired) electrons. The van der Waals surface area contributed by atoms with Crippen LogP contribution in [-0.2, 0) is 0 Å². The average molecular weight is 307 g/mol. The zero-order chi connectivity index (χ0) is 15.7. The lowest BCUT2D eigenvalue weighted by atomic mass is 10.1. The Kier molecular flexibility index (Phi) is 2.12. The Balaban J connectivity index is 1.84. The van der Waals surface area contributed by atoms with Crippen molar-refractivity contribution in [3.63, 3.8) is 0 Å². The molecular formula is C22H13NO. The largest absolute Gasteiger partial charge is 0.456 e. The molecule has 0 bridgehead atoms. The molecule has 0 saturated heterocycles. The molecule has 2 aromatic heterocycles. The number of para-hydroxylation sites is 1. The molecule has 0 aliphatic rings. The van der Waals surface area contributed by atoms with Crippen LogP contribution in [0.3, 0.4) is 0 Å². The van der Waals surface area contributed by atoms with Gasteiger partial charge in [-0.3, -0.25) is 0 Å². The lowest BCUT2D eigenvalue weighted by Gasteiger charge is -1.98. The Hall–Kier alpha value is -3.26. The van der Waals surface area contributed by atoms with E-state index < -0.39 is 0 Å². The van der Waals surface area contributed by atoms with Crippen molar-refractivity contribution in [2.24, 2.45) is 0 Å². The van der Waals surface area contributed by atoms with Crippen molar-refractivity contribution in [1.82, 2.24) is 4.98 Å². The zero-order valence-electron chi connectivity index (χ0n) is 12.8. The van der Waals surface area contributed by atoms with E-state index in [0.29, 0.717) is 0 Å². The summed E-state index contributed by atoms with van der Waals surface area (Å²) in [5, 5.41) is 7.29. The van der Waals surface area contributed by atoms with Crippen molar-refractivity contribution in [3.05, 3.63) is 72.8 Å². The lowest BCUT2D eigenvalue weighted by molar-refractivity contribution is 0.669. The summed E-state index contributed by atoms with van der Waals surface area (Å²) in [7, 11) is 0. The van der Waals surface area contributed by atoms with Crippen molar-refractivity contribution in [1.29, 1.82) is 0 Å². The first kappa shape index (κ1) is 12.2. The highest BCUT2D eigenvalue weighted by molar-refractivity contribution is 6.20. The Morgan fingerprint density at radius 3 is 2.38 bits per heavy atom. The second-order valence-electron chi connectivity index (χ2n) is 6.33. The SMILES string of the molecule is c1ccc2c(c1)ccc1c3cc4oc5ccccc5c4cc3[nH]c21. The molecule has 2 heteroatoms. The molecule has 6 rings (SSSR count). The molecule has 2 heterocycles. The van der Waals surface area contributed by atoms with E-state index in [9.17, 15) is 0 Å². The van der Waals surface area contributed by atoms with E-state index in [1.54, 1.807) is 0 Å². The summed E-state index contributed by atoms with van der Waals surface area (Å²) in [6, 6.07) is 25.5. The van der Waals surface area contributed by atoms with Gasteiger partial charge in [0.05, 0.1) is 5.52 Å². The summed E-state index contributed by atoms with van der Waals surface area (Å²) in [6.07, 6.45) is 0. The van der Waals surface area contributed by atoms with Crippen LogP contribution >= 0.6 is 0 Å². The Morgan fingerprint density at radius 1 is 0.583 bits per heavy atom. The second-order valence-corrected chi connectivity index (χ2v) is 6.33. The topological polar surface area (TPSA) is 28.9 Å². The van der Waals surface area contributed by atoms with Crippen molar-refractivity contribution in [2.75, 3.05) is 0 Å². The molecule has 6 aromatic rings. The van der Waals surface area contributed by atoms with Crippen LogP contribution in [0.5, 0.6) is 0 Å². The van der Waals surface area contributed by atoms with Gasteiger partial charge in [0.1, 0.15) is 11.2 Å². The van der Waals surface area contributed by atoms with E-state index in [4.69, 9.17) is 4.42 Å². The lowest BCUT2D eigenvalue weighted by Crippen LogP contribution is -1.74. The minimum absolute atomic E-state index is 0.940. The summed E-state index contributed by atoms with van der Waals surface area (Å²) in [4.78, 5) is 3.63. The highest BCUT2D eigenvalue weighted by atomic mass is 16.3. The molecule has 0 amide bonds. The second kappa shape index (κ2) is 4.18. The van der Waals surface area contributed by atoms with Gasteiger partial charge in [-0.15, -0.1) is 0 Å². The summed E-state index contributed by atoms with van der Waals surface area (Å²) >= 11 is 0. The van der Waals surface area contributed by atoms with Crippen molar-refractivity contribution >= 4 is 54.5 Å². The number of hydrogen-bond acceptors (Lipinski definition) is 1. The van der Waals surface area contributed by atoms with Gasteiger partial charge in [0.2, 0.25) is 0 Å². The number of benzene rings is 4. The standard InChI is InChI=1S/C22H13NO/c1-2-6-14-13(5-1)9-10-16-17-12-21-18(11-19(17)23-22(14)16)15-7-3-4-8-20(15)24-21/h1-12,23H. The summed E-state index contributed by atoms with van der Waals surface area (Å²) < 4.78 is 6.05. The predicted molar refractivity (Wildman–Crippen MR) is 101 cm³/mol. The van der Waals surface area contributed by atoms with Gasteiger partial charge in [0.25, 0.3) is 0 Å². The molecule has 24 heavy (non-hydrogen) atoms. The van der Waals surface area contributed by atoms with Gasteiger partial charge < -0.3 is 9.40 Å². The molecule has 2 nitrogen and oxygen atoms in total. The first-order valence-electron chi connectivity index (χ1n) is 8.13. The maximum atomic E-state index is 6.05. The number of H-pyrrole nitrogens is 1. The van der Waals surface area contributed by atoms with E-state index in [-0.39, 0.29) is 0 Å². The molecule has 4 aromatic carbocycles. The van der Waals surface area contributed by atoms with E-state index in [1.165, 1.54) is 27.1 Å². The number of nitrogens with one attached hydrogen (secondary N) is 1. The molecule has 0 saturated carbocycles. The molecule has 1 N–H and O–H groups in total. The summed E-state index contributed by atoms with van der Waals surface area (Å²) in [5.41, 5.74) is 4.23. The van der Waals surface area contributed by atoms with Crippen LogP contribution in [0.4, 0.5) is 0 Å². The van der Waals surface area contributed by atoms with E-state index in [0.717, 1.165) is 27.5 Å². The van der Waals surface area contributed by atoms with Gasteiger partial charge in [-0.25, -0.2) is 0 Å². The van der Waals surface area contributed by atoms with Crippen molar-refractivity contribution < 1.29 is 4.42 Å². The highest BCUT2D eigenvalue weighted by Gasteiger charge is 2.12. The van der Waals surface area contributed by atoms with Gasteiger partial charge in [-0.1, -0.05) is 54.6 Å². The van der Waals surface area contributed by atoms with Crippen LogP contribution in [0, 0.1) is 0 Å². The molecule has 0 unspecified atom stereocenters. The Morgan fingerprint density at radius 2 is 1.42 bits per heavy atom. The molecule has 0 fully saturated rings. The molecule has 112 valence electrons. The molecule has 0 atom stereocenters. The molecule has 0 aliphatic carbocycles. The summed E-state index contributed by atoms with van der Waals surface area (Å²) in [6.45, 7) is 0. The Bertz CT molecular complexity index is 1400. The fourth-order valence-corrected chi connectivity index (χ4v) is 3.86. The average Bonchev–Trinajstić information content (AvgIpc) is 3.17. The van der Waals surface area contributed by atoms with Gasteiger partial charge in [-0.2, -0.15) is 0 Å². The fraction of sp³-hybridized carbons (Fsp3) is 0. The molecule has 0 spiro atoms. The third-order valence-corrected chi connectivity index (χ3v) is 5.00.